The van der Waals surface area contributed by atoms with Crippen molar-refractivity contribution >= 4 is 40.1 Å². The molecule has 2 rings (SSSR count). The van der Waals surface area contributed by atoms with Crippen molar-refractivity contribution in [2.45, 2.75) is 24.5 Å². The fraction of sp³-hybridized carbons (Fsp3) is 0.429. The summed E-state index contributed by atoms with van der Waals surface area (Å²) in [6.07, 6.45) is -11.7. The van der Waals surface area contributed by atoms with Gasteiger partial charge in [0.2, 0.25) is 5.92 Å². The molecule has 12 heteroatoms. The number of hydrogen-bond donors (Lipinski definition) is 0. The van der Waals surface area contributed by atoms with Gasteiger partial charge in [0, 0.05) is 5.25 Å². The largest absolute Gasteiger partial charge is 0.409 e. The molecular weight excluding hydrogens is 413 g/mol. The summed E-state index contributed by atoms with van der Waals surface area (Å²) in [6.45, 7) is 1.73. The van der Waals surface area contributed by atoms with Gasteiger partial charge in [0.25, 0.3) is 5.91 Å². The number of alkyl halides is 6. The van der Waals surface area contributed by atoms with Crippen LogP contribution in [0.25, 0.3) is 0 Å². The maximum absolute atomic E-state index is 13.3. The van der Waals surface area contributed by atoms with Crippen LogP contribution in [0.3, 0.4) is 0 Å². The zero-order valence-electron chi connectivity index (χ0n) is 12.8. The monoisotopic (exact) mass is 422 g/mol. The molecule has 0 saturated heterocycles. The van der Waals surface area contributed by atoms with Gasteiger partial charge >= 0.3 is 12.4 Å². The molecular formula is C14H10ClF7N2OS. The molecule has 1 aromatic carbocycles. The lowest BCUT2D eigenvalue weighted by molar-refractivity contribution is -0.273. The van der Waals surface area contributed by atoms with Crippen molar-refractivity contribution in [1.29, 1.82) is 0 Å². The second kappa shape index (κ2) is 7.26. The average Bonchev–Trinajstić information content (AvgIpc) is 2.86. The maximum Gasteiger partial charge on any atom is 0.409 e. The Morgan fingerprint density at radius 3 is 2.27 bits per heavy atom. The van der Waals surface area contributed by atoms with Gasteiger partial charge in [-0.25, -0.2) is 4.39 Å². The number of amidine groups is 1. The first-order valence-corrected chi connectivity index (χ1v) is 8.21. The van der Waals surface area contributed by atoms with Gasteiger partial charge in [-0.2, -0.15) is 26.3 Å². The van der Waals surface area contributed by atoms with E-state index in [4.69, 9.17) is 11.6 Å². The smallest absolute Gasteiger partial charge is 0.273 e. The molecule has 0 radical (unpaired) electrons. The Bertz CT molecular complexity index is 721. The van der Waals surface area contributed by atoms with Crippen molar-refractivity contribution < 1.29 is 35.5 Å². The highest BCUT2D eigenvalue weighted by molar-refractivity contribution is 8.15. The fourth-order valence-corrected chi connectivity index (χ4v) is 3.27. The Balaban J connectivity index is 2.56. The summed E-state index contributed by atoms with van der Waals surface area (Å²) in [6, 6.07) is 2.36. The summed E-state index contributed by atoms with van der Waals surface area (Å²) in [5.41, 5.74) is -0.444. The van der Waals surface area contributed by atoms with Crippen LogP contribution in [-0.2, 0) is 4.79 Å². The molecule has 0 bridgehead atoms. The van der Waals surface area contributed by atoms with Crippen molar-refractivity contribution in [2.75, 3.05) is 11.4 Å². The summed E-state index contributed by atoms with van der Waals surface area (Å²) >= 11 is 6.38. The van der Waals surface area contributed by atoms with Crippen molar-refractivity contribution in [3.8, 4) is 0 Å². The molecule has 0 aliphatic carbocycles. The molecule has 1 aliphatic heterocycles. The highest BCUT2D eigenvalue weighted by Gasteiger charge is 2.62. The number of aliphatic imine (C=N–C) groups is 1. The van der Waals surface area contributed by atoms with Gasteiger partial charge in [0.1, 0.15) is 5.82 Å². The normalized spacial score (nSPS) is 18.2. The standard InChI is InChI=1S/C14H10ClF7N2OS/c1-6-5-23-12(26-6)24(7-2-3-9(16)8(15)4-7)11(25)10(13(17,18)19)14(20,21)22/h2-4,6,10H,5H2,1H3/t6-/m0/s1. The number of nitrogens with zero attached hydrogens (tertiary/aromatic N) is 2. The molecule has 0 fully saturated rings. The van der Waals surface area contributed by atoms with Gasteiger partial charge < -0.3 is 0 Å². The van der Waals surface area contributed by atoms with E-state index in [-0.39, 0.29) is 21.9 Å². The van der Waals surface area contributed by atoms with Crippen LogP contribution in [-0.4, -0.2) is 35.2 Å². The molecule has 0 spiro atoms. The van der Waals surface area contributed by atoms with E-state index >= 15 is 0 Å². The van der Waals surface area contributed by atoms with Crippen LogP contribution < -0.4 is 4.90 Å². The minimum absolute atomic E-state index is 0.0986. The predicted octanol–water partition coefficient (Wildman–Crippen LogP) is 5.04. The van der Waals surface area contributed by atoms with Crippen LogP contribution in [0.4, 0.5) is 36.4 Å². The Hall–Kier alpha value is -1.49. The van der Waals surface area contributed by atoms with Crippen molar-refractivity contribution in [2.24, 2.45) is 10.9 Å². The molecule has 144 valence electrons. The van der Waals surface area contributed by atoms with Crippen LogP contribution in [0.1, 0.15) is 6.92 Å². The predicted molar refractivity (Wildman–Crippen MR) is 83.9 cm³/mol. The summed E-state index contributed by atoms with van der Waals surface area (Å²) in [4.78, 5) is 16.3. The van der Waals surface area contributed by atoms with E-state index in [9.17, 15) is 35.5 Å². The highest BCUT2D eigenvalue weighted by Crippen LogP contribution is 2.42. The first-order valence-electron chi connectivity index (χ1n) is 6.96. The lowest BCUT2D eigenvalue weighted by Crippen LogP contribution is -2.51. The van der Waals surface area contributed by atoms with E-state index in [0.29, 0.717) is 0 Å². The molecule has 1 heterocycles. The van der Waals surface area contributed by atoms with E-state index in [2.05, 4.69) is 4.99 Å². The second-order valence-corrected chi connectivity index (χ2v) is 7.15. The van der Waals surface area contributed by atoms with Crippen molar-refractivity contribution in [3.63, 3.8) is 0 Å². The number of carbonyl (C=O) groups excluding carboxylic acids is 1. The number of hydrogen-bond acceptors (Lipinski definition) is 3. The van der Waals surface area contributed by atoms with E-state index in [1.807, 2.05) is 0 Å². The van der Waals surface area contributed by atoms with Gasteiger partial charge in [-0.3, -0.25) is 14.7 Å². The third kappa shape index (κ3) is 4.43. The van der Waals surface area contributed by atoms with E-state index < -0.39 is 40.7 Å². The molecule has 0 N–H and O–H groups in total. The second-order valence-electron chi connectivity index (χ2n) is 5.34. The molecule has 26 heavy (non-hydrogen) atoms. The van der Waals surface area contributed by atoms with Gasteiger partial charge in [-0.15, -0.1) is 0 Å². The lowest BCUT2D eigenvalue weighted by atomic mass is 10.1. The minimum Gasteiger partial charge on any atom is -0.273 e. The number of rotatable bonds is 2. The molecule has 0 aromatic heterocycles. The molecule has 1 atom stereocenters. The van der Waals surface area contributed by atoms with Gasteiger partial charge in [-0.1, -0.05) is 30.3 Å². The Morgan fingerprint density at radius 2 is 1.85 bits per heavy atom. The van der Waals surface area contributed by atoms with Crippen LogP contribution >= 0.6 is 23.4 Å². The molecule has 1 amide bonds. The minimum atomic E-state index is -5.87. The van der Waals surface area contributed by atoms with Crippen LogP contribution in [0.2, 0.25) is 5.02 Å². The zero-order valence-corrected chi connectivity index (χ0v) is 14.4. The van der Waals surface area contributed by atoms with Crippen LogP contribution in [0.5, 0.6) is 0 Å². The van der Waals surface area contributed by atoms with Crippen molar-refractivity contribution in [1.82, 2.24) is 0 Å². The fourth-order valence-electron chi connectivity index (χ4n) is 2.14. The quantitative estimate of drug-likeness (QED) is 0.625. The Kier molecular flexibility index (Phi) is 5.81. The molecule has 0 unspecified atom stereocenters. The van der Waals surface area contributed by atoms with Crippen LogP contribution in [0.15, 0.2) is 23.2 Å². The summed E-state index contributed by atoms with van der Waals surface area (Å²) in [7, 11) is 0. The van der Waals surface area contributed by atoms with Crippen molar-refractivity contribution in [3.05, 3.63) is 29.0 Å². The number of amides is 1. The topological polar surface area (TPSA) is 32.7 Å². The molecule has 1 aromatic rings. The van der Waals surface area contributed by atoms with Gasteiger partial charge in [0.05, 0.1) is 17.3 Å². The lowest BCUT2D eigenvalue weighted by Gasteiger charge is -2.29. The van der Waals surface area contributed by atoms with E-state index in [1.165, 1.54) is 0 Å². The first-order chi connectivity index (χ1) is 11.8. The summed E-state index contributed by atoms with van der Waals surface area (Å²) in [5.74, 6) is -7.48. The summed E-state index contributed by atoms with van der Waals surface area (Å²) < 4.78 is 91.0. The summed E-state index contributed by atoms with van der Waals surface area (Å²) in [5, 5.41) is -1.16. The number of carbonyl (C=O) groups is 1. The highest BCUT2D eigenvalue weighted by atomic mass is 35.5. The number of benzene rings is 1. The maximum atomic E-state index is 13.3. The van der Waals surface area contributed by atoms with Gasteiger partial charge in [0.15, 0.2) is 5.17 Å². The average molecular weight is 423 g/mol. The molecule has 1 aliphatic rings. The third-order valence-corrected chi connectivity index (χ3v) is 4.63. The molecule has 3 nitrogen and oxygen atoms in total. The van der Waals surface area contributed by atoms with Crippen LogP contribution in [0, 0.1) is 11.7 Å². The van der Waals surface area contributed by atoms with E-state index in [1.54, 1.807) is 6.92 Å². The number of thioether (sulfide) groups is 1. The first kappa shape index (κ1) is 20.8. The molecule has 0 saturated carbocycles. The number of anilines is 1. The SMILES string of the molecule is C[C@H]1CN=C(N(C(=O)C(C(F)(F)F)C(F)(F)F)c2ccc(F)c(Cl)c2)S1. The van der Waals surface area contributed by atoms with E-state index in [0.717, 1.165) is 30.0 Å². The zero-order chi connectivity index (χ0) is 19.9. The number of halogens is 8. The Morgan fingerprint density at radius 1 is 1.27 bits per heavy atom. The Labute approximate surface area is 152 Å². The van der Waals surface area contributed by atoms with Gasteiger partial charge in [-0.05, 0) is 18.2 Å². The third-order valence-electron chi connectivity index (χ3n) is 3.26.